The van der Waals surface area contributed by atoms with Crippen molar-refractivity contribution in [1.29, 1.82) is 0 Å². The van der Waals surface area contributed by atoms with Crippen LogP contribution in [0.2, 0.25) is 0 Å². The quantitative estimate of drug-likeness (QED) is 0.505. The Balaban J connectivity index is 1.58. The second-order valence-corrected chi connectivity index (χ2v) is 8.86. The van der Waals surface area contributed by atoms with Gasteiger partial charge in [0.1, 0.15) is 11.5 Å². The summed E-state index contributed by atoms with van der Waals surface area (Å²) in [5.41, 5.74) is 0.898. The predicted octanol–water partition coefficient (Wildman–Crippen LogP) is 4.48. The molecule has 1 aliphatic rings. The number of hydrogen-bond donors (Lipinski definition) is 0. The van der Waals surface area contributed by atoms with Crippen LogP contribution in [0, 0.1) is 0 Å². The molecule has 1 saturated heterocycles. The van der Waals surface area contributed by atoms with Gasteiger partial charge in [0.25, 0.3) is 0 Å². The lowest BCUT2D eigenvalue weighted by molar-refractivity contribution is -0.134. The van der Waals surface area contributed by atoms with E-state index in [1.165, 1.54) is 18.2 Å². The van der Waals surface area contributed by atoms with Crippen molar-refractivity contribution in [2.45, 2.75) is 56.9 Å². The molecule has 3 aromatic rings. The minimum atomic E-state index is 0.153. The van der Waals surface area contributed by atoms with Crippen LogP contribution in [-0.4, -0.2) is 50.5 Å². The summed E-state index contributed by atoms with van der Waals surface area (Å²) in [6, 6.07) is 12.1. The van der Waals surface area contributed by atoms with Crippen LogP contribution >= 0.6 is 11.8 Å². The Morgan fingerprint density at radius 3 is 2.71 bits per heavy atom. The minimum Gasteiger partial charge on any atom is -0.497 e. The number of amides is 1. The van der Waals surface area contributed by atoms with Crippen LogP contribution in [0.15, 0.2) is 52.2 Å². The zero-order chi connectivity index (χ0) is 21.8. The second-order valence-electron chi connectivity index (χ2n) is 7.92. The van der Waals surface area contributed by atoms with Crippen LogP contribution in [0.25, 0.3) is 11.4 Å². The zero-order valence-electron chi connectivity index (χ0n) is 18.2. The van der Waals surface area contributed by atoms with Crippen LogP contribution in [0.3, 0.4) is 0 Å². The van der Waals surface area contributed by atoms with Crippen molar-refractivity contribution in [1.82, 2.24) is 19.7 Å². The Hall–Kier alpha value is -2.74. The number of methoxy groups -OCH3 is 1. The molecule has 7 nitrogen and oxygen atoms in total. The molecule has 1 aromatic carbocycles. The molecule has 0 spiro atoms. The van der Waals surface area contributed by atoms with E-state index < -0.39 is 0 Å². The number of hydrogen-bond acceptors (Lipinski definition) is 6. The molecule has 0 saturated carbocycles. The molecule has 31 heavy (non-hydrogen) atoms. The lowest BCUT2D eigenvalue weighted by Gasteiger charge is -2.39. The molecule has 1 amide bonds. The molecule has 0 unspecified atom stereocenters. The third-order valence-corrected chi connectivity index (χ3v) is 6.70. The summed E-state index contributed by atoms with van der Waals surface area (Å²) in [4.78, 5) is 15.0. The first-order chi connectivity index (χ1) is 15.1. The van der Waals surface area contributed by atoms with Crippen molar-refractivity contribution in [3.05, 3.63) is 48.4 Å². The van der Waals surface area contributed by atoms with Gasteiger partial charge < -0.3 is 14.1 Å². The third kappa shape index (κ3) is 4.79. The van der Waals surface area contributed by atoms with Crippen molar-refractivity contribution in [2.24, 2.45) is 0 Å². The zero-order valence-corrected chi connectivity index (χ0v) is 19.0. The minimum absolute atomic E-state index is 0.153. The summed E-state index contributed by atoms with van der Waals surface area (Å²) >= 11 is 1.43. The first-order valence-electron chi connectivity index (χ1n) is 10.6. The van der Waals surface area contributed by atoms with Crippen molar-refractivity contribution < 1.29 is 13.9 Å². The van der Waals surface area contributed by atoms with Crippen molar-refractivity contribution in [3.8, 4) is 17.1 Å². The van der Waals surface area contributed by atoms with Crippen molar-refractivity contribution >= 4 is 17.7 Å². The average Bonchev–Trinajstić information content (AvgIpc) is 3.42. The van der Waals surface area contributed by atoms with Gasteiger partial charge in [0, 0.05) is 17.6 Å². The molecule has 0 aliphatic carbocycles. The molecule has 0 radical (unpaired) electrons. The second kappa shape index (κ2) is 9.60. The molecule has 8 heteroatoms. The largest absolute Gasteiger partial charge is 0.497 e. The lowest BCUT2D eigenvalue weighted by atomic mass is 9.98. The molecule has 0 N–H and O–H groups in total. The number of ether oxygens (including phenoxy) is 1. The number of aromatic nitrogens is 3. The van der Waals surface area contributed by atoms with E-state index in [4.69, 9.17) is 9.15 Å². The van der Waals surface area contributed by atoms with Gasteiger partial charge in [-0.2, -0.15) is 0 Å². The van der Waals surface area contributed by atoms with Gasteiger partial charge in [0.05, 0.1) is 25.7 Å². The number of nitrogens with zero attached hydrogens (tertiary/aromatic N) is 4. The molecule has 1 aliphatic heterocycles. The topological polar surface area (TPSA) is 73.4 Å². The SMILES string of the molecule is COc1cccc(-c2nnc(SCC(=O)N3[C@@H](C)CCC[C@@H]3C)n2Cc2ccco2)c1. The Bertz CT molecular complexity index is 1010. The molecular weight excluding hydrogens is 412 g/mol. The number of piperidine rings is 1. The number of benzene rings is 1. The molecule has 3 heterocycles. The predicted molar refractivity (Wildman–Crippen MR) is 120 cm³/mol. The van der Waals surface area contributed by atoms with Gasteiger partial charge in [0.2, 0.25) is 5.91 Å². The molecule has 2 atom stereocenters. The van der Waals surface area contributed by atoms with E-state index >= 15 is 0 Å². The van der Waals surface area contributed by atoms with Gasteiger partial charge in [-0.15, -0.1) is 10.2 Å². The number of carbonyl (C=O) groups excluding carboxylic acids is 1. The van der Waals surface area contributed by atoms with E-state index in [0.29, 0.717) is 23.3 Å². The third-order valence-electron chi connectivity index (χ3n) is 5.75. The van der Waals surface area contributed by atoms with Gasteiger partial charge in [-0.3, -0.25) is 9.36 Å². The van der Waals surface area contributed by atoms with Crippen LogP contribution in [-0.2, 0) is 11.3 Å². The standard InChI is InChI=1S/C23H28N4O3S/c1-16-7-4-8-17(2)27(16)21(28)15-31-23-25-24-22(18-9-5-10-19(13-18)29-3)26(23)14-20-11-6-12-30-20/h5-6,9-13,16-17H,4,7-8,14-15H2,1-3H3/t16-,17-/m0/s1. The molecule has 2 aromatic heterocycles. The maximum absolute atomic E-state index is 13.0. The summed E-state index contributed by atoms with van der Waals surface area (Å²) in [5, 5.41) is 9.53. The number of furan rings is 1. The van der Waals surface area contributed by atoms with Crippen LogP contribution < -0.4 is 4.74 Å². The molecular formula is C23H28N4O3S. The maximum Gasteiger partial charge on any atom is 0.233 e. The highest BCUT2D eigenvalue weighted by Crippen LogP contribution is 2.29. The van der Waals surface area contributed by atoms with E-state index in [1.54, 1.807) is 13.4 Å². The number of rotatable bonds is 7. The van der Waals surface area contributed by atoms with Crippen molar-refractivity contribution in [2.75, 3.05) is 12.9 Å². The number of carbonyl (C=O) groups is 1. The normalized spacial score (nSPS) is 18.9. The lowest BCUT2D eigenvalue weighted by Crippen LogP contribution is -2.48. The van der Waals surface area contributed by atoms with Crippen LogP contribution in [0.5, 0.6) is 5.75 Å². The van der Waals surface area contributed by atoms with Gasteiger partial charge >= 0.3 is 0 Å². The smallest absolute Gasteiger partial charge is 0.233 e. The highest BCUT2D eigenvalue weighted by molar-refractivity contribution is 7.99. The monoisotopic (exact) mass is 440 g/mol. The van der Waals surface area contributed by atoms with Crippen LogP contribution in [0.4, 0.5) is 0 Å². The summed E-state index contributed by atoms with van der Waals surface area (Å²) in [7, 11) is 1.64. The van der Waals surface area contributed by atoms with Gasteiger partial charge in [0.15, 0.2) is 11.0 Å². The molecule has 4 rings (SSSR count). The fourth-order valence-electron chi connectivity index (χ4n) is 4.19. The number of likely N-dealkylation sites (tertiary alicyclic amines) is 1. The molecule has 164 valence electrons. The average molecular weight is 441 g/mol. The molecule has 0 bridgehead atoms. The molecule has 1 fully saturated rings. The highest BCUT2D eigenvalue weighted by atomic mass is 32.2. The fourth-order valence-corrected chi connectivity index (χ4v) is 4.99. The van der Waals surface area contributed by atoms with E-state index in [0.717, 1.165) is 29.9 Å². The number of thioether (sulfide) groups is 1. The first kappa shape index (κ1) is 21.5. The van der Waals surface area contributed by atoms with Gasteiger partial charge in [-0.05, 0) is 57.4 Å². The highest BCUT2D eigenvalue weighted by Gasteiger charge is 2.29. The van der Waals surface area contributed by atoms with E-state index in [1.807, 2.05) is 45.9 Å². The summed E-state index contributed by atoms with van der Waals surface area (Å²) in [6.07, 6.45) is 4.96. The Morgan fingerprint density at radius 2 is 2.00 bits per heavy atom. The summed E-state index contributed by atoms with van der Waals surface area (Å²) in [5.74, 6) is 2.76. The fraction of sp³-hybridized carbons (Fsp3) is 0.435. The van der Waals surface area contributed by atoms with Crippen LogP contribution in [0.1, 0.15) is 38.9 Å². The van der Waals surface area contributed by atoms with Gasteiger partial charge in [-0.1, -0.05) is 23.9 Å². The Labute approximate surface area is 186 Å². The van der Waals surface area contributed by atoms with Crippen molar-refractivity contribution in [3.63, 3.8) is 0 Å². The van der Waals surface area contributed by atoms with E-state index in [2.05, 4.69) is 24.0 Å². The Kier molecular flexibility index (Phi) is 6.65. The van der Waals surface area contributed by atoms with E-state index in [9.17, 15) is 4.79 Å². The Morgan fingerprint density at radius 1 is 1.19 bits per heavy atom. The summed E-state index contributed by atoms with van der Waals surface area (Å²) in [6.45, 7) is 4.76. The van der Waals surface area contributed by atoms with Gasteiger partial charge in [-0.25, -0.2) is 0 Å². The maximum atomic E-state index is 13.0. The van der Waals surface area contributed by atoms with E-state index in [-0.39, 0.29) is 18.0 Å². The summed E-state index contributed by atoms with van der Waals surface area (Å²) < 4.78 is 12.9. The first-order valence-corrected chi connectivity index (χ1v) is 11.6.